The third-order valence-electron chi connectivity index (χ3n) is 3.45. The molecular formula is C14H19N3O4. The van der Waals surface area contributed by atoms with Crippen molar-refractivity contribution in [1.82, 2.24) is 10.6 Å². The second-order valence-electron chi connectivity index (χ2n) is 5.04. The van der Waals surface area contributed by atoms with Crippen LogP contribution in [0, 0.1) is 16.0 Å². The van der Waals surface area contributed by atoms with Crippen LogP contribution in [0.4, 0.5) is 5.69 Å². The van der Waals surface area contributed by atoms with Crippen LogP contribution in [-0.2, 0) is 4.79 Å². The molecule has 0 aliphatic carbocycles. The second kappa shape index (κ2) is 7.58. The van der Waals surface area contributed by atoms with E-state index < -0.39 is 4.92 Å². The highest BCUT2D eigenvalue weighted by atomic mass is 16.6. The van der Waals surface area contributed by atoms with Gasteiger partial charge in [-0.3, -0.25) is 14.9 Å². The maximum atomic E-state index is 11.6. The van der Waals surface area contributed by atoms with Crippen molar-refractivity contribution in [3.05, 3.63) is 34.4 Å². The Hall–Kier alpha value is -2.15. The molecule has 1 heterocycles. The van der Waals surface area contributed by atoms with Gasteiger partial charge in [-0.2, -0.15) is 0 Å². The molecule has 2 rings (SSSR count). The summed E-state index contributed by atoms with van der Waals surface area (Å²) in [6.07, 6.45) is 2.13. The fourth-order valence-corrected chi connectivity index (χ4v) is 2.24. The van der Waals surface area contributed by atoms with E-state index in [-0.39, 0.29) is 18.2 Å². The number of amides is 1. The van der Waals surface area contributed by atoms with E-state index in [4.69, 9.17) is 4.74 Å². The molecular weight excluding hydrogens is 274 g/mol. The molecule has 1 atom stereocenters. The summed E-state index contributed by atoms with van der Waals surface area (Å²) in [5.41, 5.74) is -0.00280. The predicted octanol–water partition coefficient (Wildman–Crippen LogP) is 1.09. The number of non-ortho nitro benzene ring substituents is 1. The number of benzene rings is 1. The normalized spacial score (nSPS) is 17.4. The zero-order chi connectivity index (χ0) is 15.1. The summed E-state index contributed by atoms with van der Waals surface area (Å²) in [6, 6.07) is 5.66. The molecule has 1 saturated heterocycles. The Labute approximate surface area is 122 Å². The maximum absolute atomic E-state index is 11.6. The number of carbonyl (C=O) groups is 1. The molecule has 1 unspecified atom stereocenters. The van der Waals surface area contributed by atoms with Crippen molar-refractivity contribution in [1.29, 1.82) is 0 Å². The van der Waals surface area contributed by atoms with Gasteiger partial charge < -0.3 is 15.4 Å². The van der Waals surface area contributed by atoms with Gasteiger partial charge in [0.05, 0.1) is 4.92 Å². The summed E-state index contributed by atoms with van der Waals surface area (Å²) in [4.78, 5) is 21.6. The highest BCUT2D eigenvalue weighted by molar-refractivity contribution is 5.77. The van der Waals surface area contributed by atoms with Gasteiger partial charge in [0.25, 0.3) is 11.6 Å². The van der Waals surface area contributed by atoms with Gasteiger partial charge in [-0.25, -0.2) is 0 Å². The van der Waals surface area contributed by atoms with E-state index in [2.05, 4.69) is 10.6 Å². The molecule has 1 aromatic rings. The Morgan fingerprint density at radius 1 is 1.43 bits per heavy atom. The first kappa shape index (κ1) is 15.2. The standard InChI is InChI=1S/C14H19N3O4/c18-14(16-8-6-11-5-7-15-9-11)10-21-13-3-1-12(2-4-13)17(19)20/h1-4,11,15H,5-10H2,(H,16,18). The highest BCUT2D eigenvalue weighted by Crippen LogP contribution is 2.17. The number of nitro groups is 1. The molecule has 0 aromatic heterocycles. The van der Waals surface area contributed by atoms with Crippen LogP contribution in [0.3, 0.4) is 0 Å². The van der Waals surface area contributed by atoms with Crippen LogP contribution in [0.25, 0.3) is 0 Å². The van der Waals surface area contributed by atoms with E-state index in [0.717, 1.165) is 25.9 Å². The average molecular weight is 293 g/mol. The molecule has 7 heteroatoms. The van der Waals surface area contributed by atoms with Crippen molar-refractivity contribution < 1.29 is 14.5 Å². The quantitative estimate of drug-likeness (QED) is 0.580. The summed E-state index contributed by atoms with van der Waals surface area (Å²) >= 11 is 0. The van der Waals surface area contributed by atoms with Gasteiger partial charge >= 0.3 is 0 Å². The summed E-state index contributed by atoms with van der Waals surface area (Å²) in [6.45, 7) is 2.65. The number of nitrogens with one attached hydrogen (secondary N) is 2. The Morgan fingerprint density at radius 2 is 2.19 bits per heavy atom. The zero-order valence-electron chi connectivity index (χ0n) is 11.7. The molecule has 7 nitrogen and oxygen atoms in total. The maximum Gasteiger partial charge on any atom is 0.269 e. The number of ether oxygens (including phenoxy) is 1. The smallest absolute Gasteiger partial charge is 0.269 e. The van der Waals surface area contributed by atoms with E-state index in [9.17, 15) is 14.9 Å². The Kier molecular flexibility index (Phi) is 5.51. The third kappa shape index (κ3) is 5.03. The molecule has 21 heavy (non-hydrogen) atoms. The average Bonchev–Trinajstić information content (AvgIpc) is 2.99. The van der Waals surface area contributed by atoms with Gasteiger partial charge in [0.15, 0.2) is 6.61 Å². The zero-order valence-corrected chi connectivity index (χ0v) is 11.7. The first-order chi connectivity index (χ1) is 10.1. The SMILES string of the molecule is O=C(COc1ccc([N+](=O)[O-])cc1)NCCC1CCNC1. The molecule has 0 saturated carbocycles. The largest absolute Gasteiger partial charge is 0.484 e. The third-order valence-corrected chi connectivity index (χ3v) is 3.45. The first-order valence-corrected chi connectivity index (χ1v) is 7.00. The molecule has 1 fully saturated rings. The van der Waals surface area contributed by atoms with Gasteiger partial charge in [0.2, 0.25) is 0 Å². The van der Waals surface area contributed by atoms with Crippen LogP contribution in [0.5, 0.6) is 5.75 Å². The van der Waals surface area contributed by atoms with Crippen LogP contribution in [0.15, 0.2) is 24.3 Å². The van der Waals surface area contributed by atoms with Crippen LogP contribution < -0.4 is 15.4 Å². The summed E-state index contributed by atoms with van der Waals surface area (Å²) in [5.74, 6) is 0.899. The lowest BCUT2D eigenvalue weighted by atomic mass is 10.1. The molecule has 1 amide bonds. The lowest BCUT2D eigenvalue weighted by molar-refractivity contribution is -0.384. The van der Waals surface area contributed by atoms with Crippen molar-refractivity contribution in [2.45, 2.75) is 12.8 Å². The minimum atomic E-state index is -0.478. The predicted molar refractivity (Wildman–Crippen MR) is 77.2 cm³/mol. The molecule has 1 aliphatic heterocycles. The summed E-state index contributed by atoms with van der Waals surface area (Å²) in [7, 11) is 0. The number of nitro benzene ring substituents is 1. The van der Waals surface area contributed by atoms with E-state index in [1.165, 1.54) is 24.3 Å². The van der Waals surface area contributed by atoms with E-state index >= 15 is 0 Å². The second-order valence-corrected chi connectivity index (χ2v) is 5.04. The van der Waals surface area contributed by atoms with Gasteiger partial charge in [-0.15, -0.1) is 0 Å². The van der Waals surface area contributed by atoms with E-state index in [0.29, 0.717) is 18.2 Å². The van der Waals surface area contributed by atoms with Gasteiger partial charge in [-0.05, 0) is 44.0 Å². The van der Waals surface area contributed by atoms with E-state index in [1.807, 2.05) is 0 Å². The summed E-state index contributed by atoms with van der Waals surface area (Å²) < 4.78 is 5.28. The molecule has 0 radical (unpaired) electrons. The molecule has 0 spiro atoms. The van der Waals surface area contributed by atoms with Crippen LogP contribution in [-0.4, -0.2) is 37.1 Å². The lowest BCUT2D eigenvalue weighted by Crippen LogP contribution is -2.30. The summed E-state index contributed by atoms with van der Waals surface area (Å²) in [5, 5.41) is 16.6. The van der Waals surface area contributed by atoms with Crippen molar-refractivity contribution in [2.75, 3.05) is 26.2 Å². The van der Waals surface area contributed by atoms with Crippen LogP contribution in [0.1, 0.15) is 12.8 Å². The minimum absolute atomic E-state index is 0.00280. The Morgan fingerprint density at radius 3 is 2.81 bits per heavy atom. The Bertz CT molecular complexity index is 483. The van der Waals surface area contributed by atoms with Crippen molar-refractivity contribution in [3.63, 3.8) is 0 Å². The van der Waals surface area contributed by atoms with Crippen molar-refractivity contribution >= 4 is 11.6 Å². The van der Waals surface area contributed by atoms with Crippen molar-refractivity contribution in [2.24, 2.45) is 5.92 Å². The fourth-order valence-electron chi connectivity index (χ4n) is 2.24. The monoisotopic (exact) mass is 293 g/mol. The van der Waals surface area contributed by atoms with Crippen LogP contribution >= 0.6 is 0 Å². The molecule has 1 aromatic carbocycles. The molecule has 2 N–H and O–H groups in total. The number of carbonyl (C=O) groups excluding carboxylic acids is 1. The first-order valence-electron chi connectivity index (χ1n) is 7.00. The topological polar surface area (TPSA) is 93.5 Å². The highest BCUT2D eigenvalue weighted by Gasteiger charge is 2.14. The number of hydrogen-bond donors (Lipinski definition) is 2. The molecule has 0 bridgehead atoms. The molecule has 1 aliphatic rings. The minimum Gasteiger partial charge on any atom is -0.484 e. The van der Waals surface area contributed by atoms with Gasteiger partial charge in [-0.1, -0.05) is 0 Å². The lowest BCUT2D eigenvalue weighted by Gasteiger charge is -2.10. The number of hydrogen-bond acceptors (Lipinski definition) is 5. The van der Waals surface area contributed by atoms with Gasteiger partial charge in [0, 0.05) is 18.7 Å². The fraction of sp³-hybridized carbons (Fsp3) is 0.500. The van der Waals surface area contributed by atoms with Crippen LogP contribution in [0.2, 0.25) is 0 Å². The van der Waals surface area contributed by atoms with Crippen molar-refractivity contribution in [3.8, 4) is 5.75 Å². The number of nitrogens with zero attached hydrogens (tertiary/aromatic N) is 1. The van der Waals surface area contributed by atoms with E-state index in [1.54, 1.807) is 0 Å². The Balaban J connectivity index is 1.64. The molecule has 114 valence electrons. The van der Waals surface area contributed by atoms with Gasteiger partial charge in [0.1, 0.15) is 5.75 Å². The number of rotatable bonds is 7.